The molecule has 1 rings (SSSR count). The summed E-state index contributed by atoms with van der Waals surface area (Å²) < 4.78 is 0. The maximum absolute atomic E-state index is 12.5. The summed E-state index contributed by atoms with van der Waals surface area (Å²) in [5.74, 6) is -2.99. The lowest BCUT2D eigenvalue weighted by Crippen LogP contribution is -2.56. The summed E-state index contributed by atoms with van der Waals surface area (Å²) in [6.45, 7) is 2.48. The fourth-order valence-corrected chi connectivity index (χ4v) is 3.06. The van der Waals surface area contributed by atoms with Crippen LogP contribution in [0.3, 0.4) is 0 Å². The van der Waals surface area contributed by atoms with Gasteiger partial charge in [-0.25, -0.2) is 4.79 Å². The zero-order valence-electron chi connectivity index (χ0n) is 16.9. The zero-order valence-corrected chi connectivity index (χ0v) is 17.8. The molecule has 0 aliphatic carbocycles. The highest BCUT2D eigenvalue weighted by molar-refractivity contribution is 7.80. The number of hydrogen-bond donors (Lipinski definition) is 8. The number of hydrogen-bond acceptors (Lipinski definition) is 7. The maximum Gasteiger partial charge on any atom is 0.327 e. The highest BCUT2D eigenvalue weighted by Crippen LogP contribution is 2.05. The van der Waals surface area contributed by atoms with Crippen LogP contribution >= 0.6 is 12.6 Å². The number of carbonyl (C=O) groups is 4. The molecule has 0 bridgehead atoms. The molecule has 0 aromatic carbocycles. The van der Waals surface area contributed by atoms with Crippen molar-refractivity contribution >= 4 is 42.3 Å². The molecule has 1 fully saturated rings. The topological polar surface area (TPSA) is 201 Å². The first-order chi connectivity index (χ1) is 14.1. The summed E-state index contributed by atoms with van der Waals surface area (Å²) in [5.41, 5.74) is 10.5. The van der Waals surface area contributed by atoms with Gasteiger partial charge in [0.05, 0.1) is 6.04 Å². The van der Waals surface area contributed by atoms with Gasteiger partial charge < -0.3 is 37.8 Å². The molecule has 3 amide bonds. The van der Waals surface area contributed by atoms with Crippen molar-refractivity contribution in [2.45, 2.75) is 56.8 Å². The summed E-state index contributed by atoms with van der Waals surface area (Å²) in [6.07, 6.45) is 2.10. The van der Waals surface area contributed by atoms with Gasteiger partial charge in [-0.15, -0.1) is 0 Å². The minimum atomic E-state index is -1.24. The second-order valence-electron chi connectivity index (χ2n) is 6.97. The number of nitrogens with two attached hydrogens (primary N) is 2. The first-order valence-electron chi connectivity index (χ1n) is 9.69. The van der Waals surface area contributed by atoms with Gasteiger partial charge in [-0.1, -0.05) is 0 Å². The predicted octanol–water partition coefficient (Wildman–Crippen LogP) is -2.72. The Morgan fingerprint density at radius 1 is 1.17 bits per heavy atom. The van der Waals surface area contributed by atoms with Gasteiger partial charge in [-0.2, -0.15) is 12.6 Å². The zero-order chi connectivity index (χ0) is 22.7. The van der Waals surface area contributed by atoms with Gasteiger partial charge in [0.1, 0.15) is 18.1 Å². The third-order valence-corrected chi connectivity index (χ3v) is 4.87. The number of carboxylic acids is 1. The van der Waals surface area contributed by atoms with Gasteiger partial charge in [-0.3, -0.25) is 19.4 Å². The summed E-state index contributed by atoms with van der Waals surface area (Å²) >= 11 is 3.91. The van der Waals surface area contributed by atoms with Crippen LogP contribution in [0.5, 0.6) is 0 Å². The number of nitrogens with one attached hydrogen (secondary N) is 4. The lowest BCUT2D eigenvalue weighted by molar-refractivity contribution is -0.141. The Balaban J connectivity index is 2.72. The molecule has 170 valence electrons. The maximum atomic E-state index is 12.5. The minimum absolute atomic E-state index is 0.0992. The van der Waals surface area contributed by atoms with Crippen molar-refractivity contribution in [3.8, 4) is 0 Å². The Bertz CT molecular complexity index is 650. The molecule has 0 aromatic rings. The fraction of sp³-hybridized carbons (Fsp3) is 0.706. The van der Waals surface area contributed by atoms with E-state index >= 15 is 0 Å². The summed E-state index contributed by atoms with van der Waals surface area (Å²) in [6, 6.07) is -3.46. The van der Waals surface area contributed by atoms with Crippen molar-refractivity contribution in [3.05, 3.63) is 0 Å². The summed E-state index contributed by atoms with van der Waals surface area (Å²) in [4.78, 5) is 52.2. The highest BCUT2D eigenvalue weighted by atomic mass is 32.1. The fourth-order valence-electron chi connectivity index (χ4n) is 2.81. The van der Waals surface area contributed by atoms with Gasteiger partial charge in [0.25, 0.3) is 0 Å². The Kier molecular flexibility index (Phi) is 11.0. The van der Waals surface area contributed by atoms with Crippen LogP contribution in [-0.2, 0) is 19.2 Å². The van der Waals surface area contributed by atoms with E-state index in [4.69, 9.17) is 16.6 Å². The van der Waals surface area contributed by atoms with Gasteiger partial charge in [0.15, 0.2) is 5.96 Å². The first-order valence-corrected chi connectivity index (χ1v) is 10.3. The molecule has 1 aliphatic heterocycles. The van der Waals surface area contributed by atoms with E-state index < -0.39 is 35.9 Å². The molecule has 1 saturated heterocycles. The molecule has 0 spiro atoms. The van der Waals surface area contributed by atoms with Crippen LogP contribution < -0.4 is 32.7 Å². The standard InChI is InChI=1S/C17H31N7O5S/c1-9(22-14(26)10-4-2-6-20-10)13(25)23-11(5-3-7-21-17(18)19)15(27)24-12(8-30)16(28)29/h9-12,20,30H,2-8H2,1H3,(H,22,26)(H,23,25)(H,24,27)(H,28,29)(H4,18,19,21). The number of aliphatic carboxylic acids is 1. The molecule has 0 radical (unpaired) electrons. The van der Waals surface area contributed by atoms with E-state index in [1.54, 1.807) is 0 Å². The molecule has 4 unspecified atom stereocenters. The number of amides is 3. The molecular formula is C17H31N7O5S. The quantitative estimate of drug-likeness (QED) is 0.0685. The van der Waals surface area contributed by atoms with Crippen molar-refractivity contribution in [1.82, 2.24) is 21.3 Å². The molecule has 0 aromatic heterocycles. The summed E-state index contributed by atoms with van der Waals surface area (Å²) in [7, 11) is 0. The van der Waals surface area contributed by atoms with E-state index in [0.29, 0.717) is 12.8 Å². The number of carboxylic acid groups (broad SMARTS) is 1. The normalized spacial score (nSPS) is 18.5. The molecule has 4 atom stereocenters. The van der Waals surface area contributed by atoms with Crippen LogP contribution in [0, 0.1) is 0 Å². The van der Waals surface area contributed by atoms with Gasteiger partial charge >= 0.3 is 5.97 Å². The largest absolute Gasteiger partial charge is 0.480 e. The highest BCUT2D eigenvalue weighted by Gasteiger charge is 2.29. The van der Waals surface area contributed by atoms with Gasteiger partial charge in [-0.05, 0) is 39.2 Å². The van der Waals surface area contributed by atoms with Crippen molar-refractivity contribution in [3.63, 3.8) is 0 Å². The van der Waals surface area contributed by atoms with E-state index in [-0.39, 0.29) is 36.6 Å². The molecule has 30 heavy (non-hydrogen) atoms. The van der Waals surface area contributed by atoms with E-state index in [0.717, 1.165) is 13.0 Å². The number of nitrogens with zero attached hydrogens (tertiary/aromatic N) is 1. The van der Waals surface area contributed by atoms with Gasteiger partial charge in [0.2, 0.25) is 17.7 Å². The Hall–Kier alpha value is -2.54. The van der Waals surface area contributed by atoms with E-state index in [1.165, 1.54) is 6.92 Å². The van der Waals surface area contributed by atoms with Crippen LogP contribution in [0.15, 0.2) is 4.99 Å². The molecule has 1 heterocycles. The third-order valence-electron chi connectivity index (χ3n) is 4.50. The van der Waals surface area contributed by atoms with E-state index in [2.05, 4.69) is 38.9 Å². The van der Waals surface area contributed by atoms with E-state index in [9.17, 15) is 19.2 Å². The average Bonchev–Trinajstić information content (AvgIpc) is 3.22. The lowest BCUT2D eigenvalue weighted by Gasteiger charge is -2.23. The number of aliphatic imine (C=N–C) groups is 1. The molecule has 9 N–H and O–H groups in total. The molecule has 13 heteroatoms. The average molecular weight is 446 g/mol. The Morgan fingerprint density at radius 2 is 1.83 bits per heavy atom. The van der Waals surface area contributed by atoms with Crippen LogP contribution in [0.1, 0.15) is 32.6 Å². The van der Waals surface area contributed by atoms with Crippen LogP contribution in [0.25, 0.3) is 0 Å². The van der Waals surface area contributed by atoms with Crippen molar-refractivity contribution in [2.24, 2.45) is 16.5 Å². The Labute approximate surface area is 180 Å². The minimum Gasteiger partial charge on any atom is -0.480 e. The number of carbonyl (C=O) groups excluding carboxylic acids is 3. The molecule has 12 nitrogen and oxygen atoms in total. The smallest absolute Gasteiger partial charge is 0.327 e. The molecular weight excluding hydrogens is 414 g/mol. The second-order valence-corrected chi connectivity index (χ2v) is 7.34. The SMILES string of the molecule is CC(NC(=O)C1CCCN1)C(=O)NC(CCCN=C(N)N)C(=O)NC(CS)C(=O)O. The van der Waals surface area contributed by atoms with Gasteiger partial charge in [0, 0.05) is 12.3 Å². The van der Waals surface area contributed by atoms with E-state index in [1.807, 2.05) is 0 Å². The van der Waals surface area contributed by atoms with Crippen molar-refractivity contribution in [2.75, 3.05) is 18.8 Å². The van der Waals surface area contributed by atoms with Crippen LogP contribution in [0.4, 0.5) is 0 Å². The third kappa shape index (κ3) is 8.86. The first kappa shape index (κ1) is 25.5. The number of rotatable bonds is 12. The second kappa shape index (κ2) is 12.9. The number of thiol groups is 1. The predicted molar refractivity (Wildman–Crippen MR) is 114 cm³/mol. The Morgan fingerprint density at radius 3 is 2.37 bits per heavy atom. The van der Waals surface area contributed by atoms with Crippen molar-refractivity contribution in [1.29, 1.82) is 0 Å². The molecule has 0 saturated carbocycles. The van der Waals surface area contributed by atoms with Crippen LogP contribution in [-0.4, -0.2) is 77.8 Å². The number of guanidine groups is 1. The monoisotopic (exact) mass is 445 g/mol. The van der Waals surface area contributed by atoms with Crippen LogP contribution in [0.2, 0.25) is 0 Å². The summed E-state index contributed by atoms with van der Waals surface area (Å²) in [5, 5.41) is 19.6. The van der Waals surface area contributed by atoms with Crippen molar-refractivity contribution < 1.29 is 24.3 Å². The lowest BCUT2D eigenvalue weighted by atomic mass is 10.1. The molecule has 1 aliphatic rings.